The Hall–Kier alpha value is -2.88. The second-order valence-electron chi connectivity index (χ2n) is 7.92. The molecule has 0 saturated heterocycles. The van der Waals surface area contributed by atoms with Gasteiger partial charge in [0.25, 0.3) is 0 Å². The molecule has 8 nitrogen and oxygen atoms in total. The number of hydrogen-bond donors (Lipinski definition) is 3. The van der Waals surface area contributed by atoms with Gasteiger partial charge in [0.1, 0.15) is 6.04 Å². The SMILES string of the molecule is CCOC(=O)C(CCSc1ccccc1)N[C@@H](C)C(=O)C1NC(OC(=O)O)Cc2ccccc21. The number of hydrogen-bond acceptors (Lipinski definition) is 8. The molecule has 34 heavy (non-hydrogen) atoms. The van der Waals surface area contributed by atoms with E-state index in [1.54, 1.807) is 25.6 Å². The largest absolute Gasteiger partial charge is 0.507 e. The molecule has 0 aromatic heterocycles. The molecular weight excluding hydrogens is 456 g/mol. The number of fused-ring (bicyclic) bond motifs is 1. The average molecular weight is 487 g/mol. The van der Waals surface area contributed by atoms with Crippen LogP contribution in [0.25, 0.3) is 0 Å². The van der Waals surface area contributed by atoms with Gasteiger partial charge in [-0.05, 0) is 43.5 Å². The van der Waals surface area contributed by atoms with Gasteiger partial charge in [-0.3, -0.25) is 20.2 Å². The Bertz CT molecular complexity index is 986. The number of benzene rings is 2. The first-order valence-corrected chi connectivity index (χ1v) is 12.2. The van der Waals surface area contributed by atoms with Gasteiger partial charge in [-0.25, -0.2) is 4.79 Å². The van der Waals surface area contributed by atoms with E-state index in [-0.39, 0.29) is 12.4 Å². The van der Waals surface area contributed by atoms with Crippen molar-refractivity contribution in [3.8, 4) is 0 Å². The molecule has 3 N–H and O–H groups in total. The highest BCUT2D eigenvalue weighted by Gasteiger charge is 2.36. The van der Waals surface area contributed by atoms with Gasteiger partial charge in [-0.2, -0.15) is 0 Å². The summed E-state index contributed by atoms with van der Waals surface area (Å²) in [5, 5.41) is 15.2. The Kier molecular flexibility index (Phi) is 9.50. The van der Waals surface area contributed by atoms with E-state index >= 15 is 0 Å². The zero-order valence-electron chi connectivity index (χ0n) is 19.2. The summed E-state index contributed by atoms with van der Waals surface area (Å²) in [5.74, 6) is 0.0523. The Morgan fingerprint density at radius 2 is 1.85 bits per heavy atom. The van der Waals surface area contributed by atoms with E-state index < -0.39 is 36.5 Å². The van der Waals surface area contributed by atoms with Crippen LogP contribution >= 0.6 is 11.8 Å². The number of ether oxygens (including phenoxy) is 2. The number of rotatable bonds is 11. The highest BCUT2D eigenvalue weighted by molar-refractivity contribution is 7.99. The second-order valence-corrected chi connectivity index (χ2v) is 9.09. The monoisotopic (exact) mass is 486 g/mol. The molecule has 1 aliphatic heterocycles. The zero-order valence-corrected chi connectivity index (χ0v) is 20.0. The molecule has 2 aromatic rings. The van der Waals surface area contributed by atoms with E-state index in [0.29, 0.717) is 18.6 Å². The molecule has 4 atom stereocenters. The van der Waals surface area contributed by atoms with Crippen LogP contribution in [0, 0.1) is 0 Å². The summed E-state index contributed by atoms with van der Waals surface area (Å²) in [7, 11) is 0. The number of Topliss-reactive ketones (excluding diaryl/α,β-unsaturated/α-hetero) is 1. The molecule has 0 spiro atoms. The van der Waals surface area contributed by atoms with Crippen LogP contribution < -0.4 is 10.6 Å². The van der Waals surface area contributed by atoms with E-state index in [1.165, 1.54) is 0 Å². The maximum atomic E-state index is 13.4. The molecule has 9 heteroatoms. The van der Waals surface area contributed by atoms with Gasteiger partial charge >= 0.3 is 12.1 Å². The molecule has 1 heterocycles. The van der Waals surface area contributed by atoms with Crippen molar-refractivity contribution < 1.29 is 29.0 Å². The van der Waals surface area contributed by atoms with Crippen molar-refractivity contribution in [3.05, 3.63) is 65.7 Å². The van der Waals surface area contributed by atoms with Crippen LogP contribution in [0.5, 0.6) is 0 Å². The summed E-state index contributed by atoms with van der Waals surface area (Å²) in [6.07, 6.45) is -1.43. The van der Waals surface area contributed by atoms with Gasteiger partial charge in [0, 0.05) is 17.1 Å². The lowest BCUT2D eigenvalue weighted by Crippen LogP contribution is -2.52. The summed E-state index contributed by atoms with van der Waals surface area (Å²) in [4.78, 5) is 38.2. The topological polar surface area (TPSA) is 114 Å². The van der Waals surface area contributed by atoms with Gasteiger partial charge in [0.2, 0.25) is 0 Å². The van der Waals surface area contributed by atoms with E-state index in [9.17, 15) is 14.4 Å². The van der Waals surface area contributed by atoms with Crippen molar-refractivity contribution in [1.29, 1.82) is 0 Å². The fourth-order valence-electron chi connectivity index (χ4n) is 3.93. The number of thioether (sulfide) groups is 1. The molecule has 0 bridgehead atoms. The second kappa shape index (κ2) is 12.5. The quantitative estimate of drug-likeness (QED) is 0.324. The fraction of sp³-hybridized carbons (Fsp3) is 0.400. The van der Waals surface area contributed by atoms with Crippen molar-refractivity contribution in [1.82, 2.24) is 10.6 Å². The minimum Gasteiger partial charge on any atom is -0.465 e. The van der Waals surface area contributed by atoms with Crippen molar-refractivity contribution >= 4 is 29.7 Å². The number of ketones is 1. The van der Waals surface area contributed by atoms with Crippen LogP contribution in [0.3, 0.4) is 0 Å². The third-order valence-electron chi connectivity index (χ3n) is 5.52. The van der Waals surface area contributed by atoms with Crippen LogP contribution in [0.1, 0.15) is 37.4 Å². The molecule has 3 unspecified atom stereocenters. The van der Waals surface area contributed by atoms with Gasteiger partial charge in [-0.15, -0.1) is 11.8 Å². The number of nitrogens with one attached hydrogen (secondary N) is 2. The molecule has 0 fully saturated rings. The maximum absolute atomic E-state index is 13.4. The molecule has 0 aliphatic carbocycles. The number of carbonyl (C=O) groups is 3. The highest BCUT2D eigenvalue weighted by atomic mass is 32.2. The molecule has 182 valence electrons. The van der Waals surface area contributed by atoms with Crippen LogP contribution in [0.4, 0.5) is 4.79 Å². The lowest BCUT2D eigenvalue weighted by Gasteiger charge is -2.33. The third-order valence-corrected chi connectivity index (χ3v) is 6.56. The Labute approximate surface area is 203 Å². The minimum atomic E-state index is -1.41. The van der Waals surface area contributed by atoms with Gasteiger partial charge in [-0.1, -0.05) is 42.5 Å². The first-order chi connectivity index (χ1) is 16.4. The van der Waals surface area contributed by atoms with Crippen molar-refractivity contribution in [3.63, 3.8) is 0 Å². The van der Waals surface area contributed by atoms with Crippen molar-refractivity contribution in [2.45, 2.75) is 55.9 Å². The molecule has 0 amide bonds. The summed E-state index contributed by atoms with van der Waals surface area (Å²) in [6, 6.07) is 15.1. The highest BCUT2D eigenvalue weighted by Crippen LogP contribution is 2.27. The van der Waals surface area contributed by atoms with E-state index in [0.717, 1.165) is 16.0 Å². The third kappa shape index (κ3) is 7.06. The number of carboxylic acid groups (broad SMARTS) is 1. The summed E-state index contributed by atoms with van der Waals surface area (Å²) in [5.41, 5.74) is 1.62. The summed E-state index contributed by atoms with van der Waals surface area (Å²) < 4.78 is 10.1. The van der Waals surface area contributed by atoms with Crippen LogP contribution in [0.2, 0.25) is 0 Å². The van der Waals surface area contributed by atoms with Crippen molar-refractivity contribution in [2.24, 2.45) is 0 Å². The lowest BCUT2D eigenvalue weighted by molar-refractivity contribution is -0.146. The van der Waals surface area contributed by atoms with E-state index in [2.05, 4.69) is 10.6 Å². The molecule has 3 rings (SSSR count). The lowest BCUT2D eigenvalue weighted by atomic mass is 9.89. The first kappa shape index (κ1) is 25.7. The zero-order chi connectivity index (χ0) is 24.5. The standard InChI is InChI=1S/C25H30N2O6S/c1-3-32-24(29)20(13-14-34-18-10-5-4-6-11-18)26-16(2)23(28)22-19-12-8-7-9-17(19)15-21(27-22)33-25(30)31/h4-12,16,20-22,26-27H,3,13-15H2,1-2H3,(H,30,31)/t16-,20?,21?,22?/m0/s1. The predicted molar refractivity (Wildman–Crippen MR) is 129 cm³/mol. The number of esters is 1. The molecule has 2 aromatic carbocycles. The van der Waals surface area contributed by atoms with E-state index in [4.69, 9.17) is 14.6 Å². The predicted octanol–water partition coefficient (Wildman–Crippen LogP) is 3.56. The molecule has 1 aliphatic rings. The smallest absolute Gasteiger partial charge is 0.465 e. The van der Waals surface area contributed by atoms with Gasteiger partial charge in [0.15, 0.2) is 12.0 Å². The normalized spacial score (nSPS) is 18.9. The molecule has 0 saturated carbocycles. The Morgan fingerprint density at radius 3 is 2.56 bits per heavy atom. The van der Waals surface area contributed by atoms with Crippen LogP contribution in [-0.2, 0) is 25.5 Å². The minimum absolute atomic E-state index is 0.212. The van der Waals surface area contributed by atoms with Crippen molar-refractivity contribution in [2.75, 3.05) is 12.4 Å². The summed E-state index contributed by atoms with van der Waals surface area (Å²) >= 11 is 1.63. The number of carbonyl (C=O) groups excluding carboxylic acids is 2. The van der Waals surface area contributed by atoms with Crippen LogP contribution in [-0.4, -0.2) is 53.7 Å². The Morgan fingerprint density at radius 1 is 1.15 bits per heavy atom. The summed E-state index contributed by atoms with van der Waals surface area (Å²) in [6.45, 7) is 3.69. The first-order valence-electron chi connectivity index (χ1n) is 11.3. The average Bonchev–Trinajstić information content (AvgIpc) is 2.82. The molecular formula is C25H30N2O6S. The van der Waals surface area contributed by atoms with Crippen LogP contribution in [0.15, 0.2) is 59.5 Å². The van der Waals surface area contributed by atoms with Gasteiger partial charge in [0.05, 0.1) is 18.7 Å². The maximum Gasteiger partial charge on any atom is 0.507 e. The Balaban J connectivity index is 1.69. The molecule has 0 radical (unpaired) electrons. The van der Waals surface area contributed by atoms with E-state index in [1.807, 2.05) is 54.6 Å². The fourth-order valence-corrected chi connectivity index (χ4v) is 4.86. The van der Waals surface area contributed by atoms with Gasteiger partial charge < -0.3 is 14.6 Å².